The van der Waals surface area contributed by atoms with Crippen molar-refractivity contribution < 1.29 is 14.8 Å². The van der Waals surface area contributed by atoms with Crippen LogP contribution in [0.4, 0.5) is 0 Å². The van der Waals surface area contributed by atoms with Crippen LogP contribution in [0.15, 0.2) is 66.7 Å². The standard InChI is InChI=1S/C26H29Cl2NO2/c1-3-10-24(20-11-6-5-7-12-20)29-17-19-15-23(28)26(25(16-19)30-4-2)31-18-21-13-8-9-14-22(21)27/h5-9,11-16,24,29H,3-4,10,17-18H2,1-2H3/p+1. The van der Waals surface area contributed by atoms with E-state index in [1.165, 1.54) is 5.56 Å². The average molecular weight is 459 g/mol. The molecule has 2 N–H and O–H groups in total. The quantitative estimate of drug-likeness (QED) is 0.352. The molecule has 0 aliphatic rings. The lowest BCUT2D eigenvalue weighted by Gasteiger charge is -2.18. The number of halogens is 2. The third-order valence-corrected chi connectivity index (χ3v) is 5.81. The SMILES string of the molecule is CCCC([NH2+]Cc1cc(Cl)c(OCc2ccccc2Cl)c(OCC)c1)c1ccccc1. The van der Waals surface area contributed by atoms with Crippen LogP contribution in [0.2, 0.25) is 10.0 Å². The van der Waals surface area contributed by atoms with Gasteiger partial charge in [-0.05, 0) is 25.1 Å². The highest BCUT2D eigenvalue weighted by Crippen LogP contribution is 2.37. The Hall–Kier alpha value is -2.20. The number of hydrogen-bond acceptors (Lipinski definition) is 2. The van der Waals surface area contributed by atoms with Gasteiger partial charge in [-0.3, -0.25) is 0 Å². The van der Waals surface area contributed by atoms with Crippen LogP contribution in [0.25, 0.3) is 0 Å². The summed E-state index contributed by atoms with van der Waals surface area (Å²) in [7, 11) is 0. The predicted molar refractivity (Wildman–Crippen MR) is 128 cm³/mol. The van der Waals surface area contributed by atoms with Gasteiger partial charge >= 0.3 is 0 Å². The minimum absolute atomic E-state index is 0.331. The zero-order valence-corrected chi connectivity index (χ0v) is 19.6. The van der Waals surface area contributed by atoms with E-state index >= 15 is 0 Å². The molecule has 31 heavy (non-hydrogen) atoms. The number of hydrogen-bond donors (Lipinski definition) is 1. The smallest absolute Gasteiger partial charge is 0.180 e. The summed E-state index contributed by atoms with van der Waals surface area (Å²) in [5, 5.41) is 3.59. The molecular weight excluding hydrogens is 429 g/mol. The highest BCUT2D eigenvalue weighted by atomic mass is 35.5. The minimum atomic E-state index is 0.331. The maximum absolute atomic E-state index is 6.62. The van der Waals surface area contributed by atoms with Crippen molar-refractivity contribution in [3.63, 3.8) is 0 Å². The summed E-state index contributed by atoms with van der Waals surface area (Å²) in [4.78, 5) is 0. The van der Waals surface area contributed by atoms with Gasteiger partial charge in [0.25, 0.3) is 0 Å². The fourth-order valence-corrected chi connectivity index (χ4v) is 4.10. The van der Waals surface area contributed by atoms with Crippen LogP contribution in [0, 0.1) is 0 Å². The van der Waals surface area contributed by atoms with Crippen molar-refractivity contribution in [2.24, 2.45) is 0 Å². The van der Waals surface area contributed by atoms with Crippen LogP contribution in [-0.2, 0) is 13.2 Å². The Balaban J connectivity index is 1.75. The molecule has 0 aliphatic heterocycles. The van der Waals surface area contributed by atoms with Crippen molar-refractivity contribution in [1.29, 1.82) is 0 Å². The maximum Gasteiger partial charge on any atom is 0.180 e. The van der Waals surface area contributed by atoms with Crippen molar-refractivity contribution in [2.75, 3.05) is 6.61 Å². The van der Waals surface area contributed by atoms with Gasteiger partial charge in [-0.2, -0.15) is 0 Å². The first-order valence-corrected chi connectivity index (χ1v) is 11.6. The van der Waals surface area contributed by atoms with E-state index in [2.05, 4.69) is 42.6 Å². The summed E-state index contributed by atoms with van der Waals surface area (Å²) in [6.07, 6.45) is 2.25. The molecule has 0 heterocycles. The van der Waals surface area contributed by atoms with E-state index in [1.54, 1.807) is 0 Å². The molecule has 0 saturated heterocycles. The van der Waals surface area contributed by atoms with Crippen LogP contribution in [0.3, 0.4) is 0 Å². The Bertz CT molecular complexity index is 963. The first-order valence-electron chi connectivity index (χ1n) is 10.8. The Kier molecular flexibility index (Phi) is 9.08. The second-order valence-electron chi connectivity index (χ2n) is 7.46. The number of quaternary nitrogens is 1. The van der Waals surface area contributed by atoms with Crippen LogP contribution in [-0.4, -0.2) is 6.61 Å². The largest absolute Gasteiger partial charge is 0.490 e. The molecule has 5 heteroatoms. The maximum atomic E-state index is 6.62. The molecule has 0 bridgehead atoms. The first kappa shape index (κ1) is 23.5. The molecule has 0 aliphatic carbocycles. The molecule has 3 rings (SSSR count). The zero-order valence-electron chi connectivity index (χ0n) is 18.1. The summed E-state index contributed by atoms with van der Waals surface area (Å²) in [5.41, 5.74) is 3.36. The van der Waals surface area contributed by atoms with Gasteiger partial charge in [-0.15, -0.1) is 0 Å². The normalized spacial score (nSPS) is 11.9. The lowest BCUT2D eigenvalue weighted by atomic mass is 10.0. The molecule has 0 spiro atoms. The second kappa shape index (κ2) is 12.0. The summed E-state index contributed by atoms with van der Waals surface area (Å²) < 4.78 is 11.9. The van der Waals surface area contributed by atoms with E-state index in [9.17, 15) is 0 Å². The molecule has 3 nitrogen and oxygen atoms in total. The number of benzene rings is 3. The van der Waals surface area contributed by atoms with E-state index in [4.69, 9.17) is 32.7 Å². The topological polar surface area (TPSA) is 35.1 Å². The van der Waals surface area contributed by atoms with Gasteiger partial charge in [-0.25, -0.2) is 0 Å². The van der Waals surface area contributed by atoms with Gasteiger partial charge in [0.2, 0.25) is 0 Å². The summed E-state index contributed by atoms with van der Waals surface area (Å²) in [6.45, 7) is 5.85. The minimum Gasteiger partial charge on any atom is -0.490 e. The predicted octanol–water partition coefficient (Wildman–Crippen LogP) is 6.58. The Morgan fingerprint density at radius 1 is 0.871 bits per heavy atom. The lowest BCUT2D eigenvalue weighted by molar-refractivity contribution is -0.711. The molecule has 0 aromatic heterocycles. The van der Waals surface area contributed by atoms with Gasteiger partial charge in [0.05, 0.1) is 11.6 Å². The average Bonchev–Trinajstić information content (AvgIpc) is 2.78. The number of nitrogens with two attached hydrogens (primary N) is 1. The van der Waals surface area contributed by atoms with Gasteiger partial charge < -0.3 is 14.8 Å². The van der Waals surface area contributed by atoms with E-state index in [1.807, 2.05) is 43.3 Å². The Labute approximate surface area is 195 Å². The number of ether oxygens (including phenoxy) is 2. The fraction of sp³-hybridized carbons (Fsp3) is 0.308. The van der Waals surface area contributed by atoms with E-state index < -0.39 is 0 Å². The van der Waals surface area contributed by atoms with Crippen molar-refractivity contribution in [2.45, 2.75) is 45.9 Å². The summed E-state index contributed by atoms with van der Waals surface area (Å²) >= 11 is 12.9. The first-order chi connectivity index (χ1) is 15.1. The van der Waals surface area contributed by atoms with Crippen LogP contribution >= 0.6 is 23.2 Å². The van der Waals surface area contributed by atoms with E-state index in [-0.39, 0.29) is 0 Å². The molecule has 0 amide bonds. The van der Waals surface area contributed by atoms with Crippen LogP contribution in [0.5, 0.6) is 11.5 Å². The Morgan fingerprint density at radius 3 is 2.32 bits per heavy atom. The molecule has 0 fully saturated rings. The van der Waals surface area contributed by atoms with Crippen LogP contribution < -0.4 is 14.8 Å². The lowest BCUT2D eigenvalue weighted by Crippen LogP contribution is -2.83. The summed E-state index contributed by atoms with van der Waals surface area (Å²) in [5.74, 6) is 1.22. The van der Waals surface area contributed by atoms with Gasteiger partial charge in [0.1, 0.15) is 19.2 Å². The zero-order chi connectivity index (χ0) is 22.1. The third kappa shape index (κ3) is 6.64. The highest BCUT2D eigenvalue weighted by Gasteiger charge is 2.17. The van der Waals surface area contributed by atoms with Crippen molar-refractivity contribution in [3.05, 3.63) is 93.5 Å². The molecule has 0 radical (unpaired) electrons. The third-order valence-electron chi connectivity index (χ3n) is 5.16. The van der Waals surface area contributed by atoms with Crippen molar-refractivity contribution in [3.8, 4) is 11.5 Å². The number of rotatable bonds is 11. The van der Waals surface area contributed by atoms with Crippen LogP contribution in [0.1, 0.15) is 49.4 Å². The molecule has 0 saturated carbocycles. The summed E-state index contributed by atoms with van der Waals surface area (Å²) in [6, 6.07) is 22.7. The van der Waals surface area contributed by atoms with Gasteiger partial charge in [0, 0.05) is 28.1 Å². The fourth-order valence-electron chi connectivity index (χ4n) is 3.62. The van der Waals surface area contributed by atoms with E-state index in [0.717, 1.165) is 30.5 Å². The molecule has 3 aromatic rings. The molecule has 3 aromatic carbocycles. The van der Waals surface area contributed by atoms with Gasteiger partial charge in [-0.1, -0.05) is 85.1 Å². The molecule has 1 unspecified atom stereocenters. The highest BCUT2D eigenvalue weighted by molar-refractivity contribution is 6.32. The molecule has 1 atom stereocenters. The Morgan fingerprint density at radius 2 is 1.61 bits per heavy atom. The monoisotopic (exact) mass is 458 g/mol. The van der Waals surface area contributed by atoms with Gasteiger partial charge in [0.15, 0.2) is 11.5 Å². The van der Waals surface area contributed by atoms with E-state index in [0.29, 0.717) is 40.8 Å². The molecular formula is C26H30Cl2NO2+. The van der Waals surface area contributed by atoms with Crippen molar-refractivity contribution in [1.82, 2.24) is 0 Å². The molecule has 164 valence electrons. The second-order valence-corrected chi connectivity index (χ2v) is 8.28. The van der Waals surface area contributed by atoms with Crippen molar-refractivity contribution >= 4 is 23.2 Å².